The number of ether oxygens (including phenoxy) is 1. The first-order chi connectivity index (χ1) is 12.7. The number of amides is 1. The van der Waals surface area contributed by atoms with Crippen molar-refractivity contribution in [2.24, 2.45) is 0 Å². The molecule has 0 bridgehead atoms. The van der Waals surface area contributed by atoms with Crippen LogP contribution >= 0.6 is 0 Å². The van der Waals surface area contributed by atoms with Crippen LogP contribution in [0.2, 0.25) is 0 Å². The van der Waals surface area contributed by atoms with Crippen LogP contribution in [0.1, 0.15) is 11.1 Å². The number of piperazine rings is 1. The highest BCUT2D eigenvalue weighted by Crippen LogP contribution is 2.26. The third-order valence-electron chi connectivity index (χ3n) is 4.56. The lowest BCUT2D eigenvalue weighted by Gasteiger charge is -2.34. The van der Waals surface area contributed by atoms with Crippen molar-refractivity contribution in [3.63, 3.8) is 0 Å². The molecule has 1 aliphatic rings. The second-order valence-electron chi connectivity index (χ2n) is 6.35. The Labute approximate surface area is 154 Å². The van der Waals surface area contributed by atoms with Crippen LogP contribution in [0.15, 0.2) is 54.6 Å². The Balaban J connectivity index is 1.52. The third-order valence-corrected chi connectivity index (χ3v) is 4.56. The number of rotatable bonds is 5. The molecule has 1 amide bonds. The second kappa shape index (κ2) is 8.54. The summed E-state index contributed by atoms with van der Waals surface area (Å²) >= 11 is 0. The molecule has 1 saturated heterocycles. The Morgan fingerprint density at radius 3 is 2.54 bits per heavy atom. The molecule has 26 heavy (non-hydrogen) atoms. The zero-order valence-electron chi connectivity index (χ0n) is 15.0. The van der Waals surface area contributed by atoms with Gasteiger partial charge >= 0.3 is 0 Å². The monoisotopic (exact) mass is 352 g/mol. The van der Waals surface area contributed by atoms with Crippen LogP contribution in [0, 0.1) is 0 Å². The first-order valence-electron chi connectivity index (χ1n) is 8.76. The number of benzene rings is 2. The van der Waals surface area contributed by atoms with E-state index < -0.39 is 0 Å². The maximum Gasteiger partial charge on any atom is 0.246 e. The highest BCUT2D eigenvalue weighted by atomic mass is 16.5. The van der Waals surface area contributed by atoms with Crippen LogP contribution in [0.25, 0.3) is 6.08 Å². The van der Waals surface area contributed by atoms with E-state index in [2.05, 4.69) is 29.2 Å². The van der Waals surface area contributed by atoms with Crippen molar-refractivity contribution in [1.29, 1.82) is 0 Å². The van der Waals surface area contributed by atoms with Crippen molar-refractivity contribution >= 4 is 12.0 Å². The van der Waals surface area contributed by atoms with E-state index in [1.165, 1.54) is 12.7 Å². The van der Waals surface area contributed by atoms with Crippen LogP contribution in [0.4, 0.5) is 0 Å². The van der Waals surface area contributed by atoms with E-state index in [0.29, 0.717) is 5.75 Å². The molecule has 5 heteroatoms. The average Bonchev–Trinajstić information content (AvgIpc) is 2.68. The summed E-state index contributed by atoms with van der Waals surface area (Å²) in [6.07, 6.45) is 3.33. The third kappa shape index (κ3) is 4.64. The fraction of sp³-hybridized carbons (Fsp3) is 0.286. The molecule has 0 atom stereocenters. The lowest BCUT2D eigenvalue weighted by Crippen LogP contribution is -2.47. The van der Waals surface area contributed by atoms with Crippen molar-refractivity contribution in [3.8, 4) is 11.5 Å². The van der Waals surface area contributed by atoms with Gasteiger partial charge in [0.1, 0.15) is 0 Å². The quantitative estimate of drug-likeness (QED) is 0.841. The summed E-state index contributed by atoms with van der Waals surface area (Å²) in [6.45, 7) is 4.14. The van der Waals surface area contributed by atoms with Crippen LogP contribution in [-0.2, 0) is 11.3 Å². The molecule has 1 heterocycles. The SMILES string of the molecule is COc1cc(/C=C/C(=O)N2CCN(Cc3ccccc3)CC2)ccc1O. The molecule has 5 nitrogen and oxygen atoms in total. The maximum atomic E-state index is 12.4. The van der Waals surface area contributed by atoms with Gasteiger partial charge in [-0.15, -0.1) is 0 Å². The molecule has 1 aliphatic heterocycles. The zero-order valence-corrected chi connectivity index (χ0v) is 15.0. The molecule has 2 aromatic carbocycles. The van der Waals surface area contributed by atoms with Gasteiger partial charge in [-0.3, -0.25) is 9.69 Å². The van der Waals surface area contributed by atoms with Gasteiger partial charge in [0.25, 0.3) is 0 Å². The molecule has 0 unspecified atom stereocenters. The van der Waals surface area contributed by atoms with Crippen molar-refractivity contribution in [3.05, 3.63) is 65.7 Å². The molecule has 0 spiro atoms. The smallest absolute Gasteiger partial charge is 0.246 e. The number of nitrogens with zero attached hydrogens (tertiary/aromatic N) is 2. The van der Waals surface area contributed by atoms with Gasteiger partial charge in [0.15, 0.2) is 11.5 Å². The van der Waals surface area contributed by atoms with Crippen molar-refractivity contribution in [1.82, 2.24) is 9.80 Å². The fourth-order valence-electron chi connectivity index (χ4n) is 3.04. The predicted molar refractivity (Wildman–Crippen MR) is 102 cm³/mol. The summed E-state index contributed by atoms with van der Waals surface area (Å²) in [5.74, 6) is 0.496. The van der Waals surface area contributed by atoms with E-state index in [0.717, 1.165) is 38.3 Å². The van der Waals surface area contributed by atoms with E-state index in [1.807, 2.05) is 11.0 Å². The summed E-state index contributed by atoms with van der Waals surface area (Å²) in [5, 5.41) is 9.62. The van der Waals surface area contributed by atoms with Crippen LogP contribution in [0.5, 0.6) is 11.5 Å². The van der Waals surface area contributed by atoms with Crippen LogP contribution < -0.4 is 4.74 Å². The number of aromatic hydroxyl groups is 1. The van der Waals surface area contributed by atoms with E-state index >= 15 is 0 Å². The molecule has 0 aliphatic carbocycles. The minimum Gasteiger partial charge on any atom is -0.504 e. The van der Waals surface area contributed by atoms with Gasteiger partial charge < -0.3 is 14.7 Å². The normalized spacial score (nSPS) is 15.3. The molecule has 136 valence electrons. The highest BCUT2D eigenvalue weighted by Gasteiger charge is 2.19. The Kier molecular flexibility index (Phi) is 5.92. The Morgan fingerprint density at radius 1 is 1.12 bits per heavy atom. The molecule has 0 saturated carbocycles. The van der Waals surface area contributed by atoms with Crippen LogP contribution in [0.3, 0.4) is 0 Å². The van der Waals surface area contributed by atoms with Gasteiger partial charge in [0, 0.05) is 38.8 Å². The number of methoxy groups -OCH3 is 1. The molecule has 1 fully saturated rings. The van der Waals surface area contributed by atoms with Gasteiger partial charge in [-0.05, 0) is 29.3 Å². The Hall–Kier alpha value is -2.79. The number of carbonyl (C=O) groups is 1. The fourth-order valence-corrected chi connectivity index (χ4v) is 3.04. The summed E-state index contributed by atoms with van der Waals surface area (Å²) in [7, 11) is 1.50. The minimum atomic E-state index is 0.0106. The molecule has 2 aromatic rings. The largest absolute Gasteiger partial charge is 0.504 e. The van der Waals surface area contributed by atoms with Crippen molar-refractivity contribution in [2.75, 3.05) is 33.3 Å². The first-order valence-corrected chi connectivity index (χ1v) is 8.76. The van der Waals surface area contributed by atoms with E-state index in [-0.39, 0.29) is 11.7 Å². The Bertz CT molecular complexity index is 766. The minimum absolute atomic E-state index is 0.0106. The number of phenols is 1. The maximum absolute atomic E-state index is 12.4. The van der Waals surface area contributed by atoms with Gasteiger partial charge in [-0.1, -0.05) is 36.4 Å². The number of phenolic OH excluding ortho intramolecular Hbond substituents is 1. The molecular weight excluding hydrogens is 328 g/mol. The molecule has 0 aromatic heterocycles. The lowest BCUT2D eigenvalue weighted by molar-refractivity contribution is -0.127. The summed E-state index contributed by atoms with van der Waals surface area (Å²) in [4.78, 5) is 16.6. The first kappa shape index (κ1) is 18.0. The van der Waals surface area contributed by atoms with Gasteiger partial charge in [0.05, 0.1) is 7.11 Å². The number of hydrogen-bond donors (Lipinski definition) is 1. The summed E-state index contributed by atoms with van der Waals surface area (Å²) in [6, 6.07) is 15.4. The zero-order chi connectivity index (χ0) is 18.4. The summed E-state index contributed by atoms with van der Waals surface area (Å²) < 4.78 is 5.08. The molecular formula is C21H24N2O3. The Morgan fingerprint density at radius 2 is 1.85 bits per heavy atom. The molecule has 3 rings (SSSR count). The predicted octanol–water partition coefficient (Wildman–Crippen LogP) is 2.76. The van der Waals surface area contributed by atoms with E-state index in [9.17, 15) is 9.90 Å². The van der Waals surface area contributed by atoms with Gasteiger partial charge in [-0.2, -0.15) is 0 Å². The van der Waals surface area contributed by atoms with Crippen molar-refractivity contribution < 1.29 is 14.6 Å². The van der Waals surface area contributed by atoms with Crippen LogP contribution in [-0.4, -0.2) is 54.1 Å². The van der Waals surface area contributed by atoms with E-state index in [4.69, 9.17) is 4.74 Å². The number of hydrogen-bond acceptors (Lipinski definition) is 4. The highest BCUT2D eigenvalue weighted by molar-refractivity contribution is 5.92. The van der Waals surface area contributed by atoms with Gasteiger partial charge in [0.2, 0.25) is 5.91 Å². The second-order valence-corrected chi connectivity index (χ2v) is 6.35. The lowest BCUT2D eigenvalue weighted by atomic mass is 10.1. The van der Waals surface area contributed by atoms with E-state index in [1.54, 1.807) is 30.4 Å². The summed E-state index contributed by atoms with van der Waals surface area (Å²) in [5.41, 5.74) is 2.11. The van der Waals surface area contributed by atoms with Crippen molar-refractivity contribution in [2.45, 2.75) is 6.54 Å². The standard InChI is InChI=1S/C21H24N2O3/c1-26-20-15-17(7-9-19(20)24)8-10-21(25)23-13-11-22(12-14-23)16-18-5-3-2-4-6-18/h2-10,15,24H,11-14,16H2,1H3/b10-8+. The molecule has 0 radical (unpaired) electrons. The average molecular weight is 352 g/mol. The topological polar surface area (TPSA) is 53.0 Å². The molecule has 1 N–H and O–H groups in total. The number of carbonyl (C=O) groups excluding carboxylic acids is 1. The van der Waals surface area contributed by atoms with Gasteiger partial charge in [-0.25, -0.2) is 0 Å².